The van der Waals surface area contributed by atoms with Crippen molar-refractivity contribution >= 4 is 11.9 Å². The Morgan fingerprint density at radius 1 is 0.426 bits per heavy atom. The molecule has 0 aromatic carbocycles. The molecule has 54 heavy (non-hydrogen) atoms. The van der Waals surface area contributed by atoms with Gasteiger partial charge in [-0.05, 0) is 70.6 Å². The van der Waals surface area contributed by atoms with Crippen molar-refractivity contribution in [2.24, 2.45) is 0 Å². The third-order valence-electron chi connectivity index (χ3n) is 9.55. The maximum atomic E-state index is 12.6. The smallest absolute Gasteiger partial charge is 0.306 e. The van der Waals surface area contributed by atoms with Crippen LogP contribution in [0, 0.1) is 0 Å². The second-order valence-corrected chi connectivity index (χ2v) is 14.9. The Hall–Kier alpha value is -2.40. The first-order valence-corrected chi connectivity index (χ1v) is 22.8. The molecule has 0 aromatic rings. The number of ether oxygens (including phenoxy) is 3. The first-order chi connectivity index (χ1) is 26.6. The van der Waals surface area contributed by atoms with Crippen LogP contribution < -0.4 is 0 Å². The molecule has 0 saturated heterocycles. The molecular formula is C49H86O5. The zero-order valence-corrected chi connectivity index (χ0v) is 35.7. The Kier molecular flexibility index (Phi) is 43.0. The molecule has 0 aliphatic carbocycles. The Bertz CT molecular complexity index is 946. The summed E-state index contributed by atoms with van der Waals surface area (Å²) in [4.78, 5) is 25.1. The van der Waals surface area contributed by atoms with E-state index in [1.54, 1.807) is 0 Å². The van der Waals surface area contributed by atoms with Crippen LogP contribution in [0.25, 0.3) is 0 Å². The van der Waals surface area contributed by atoms with Crippen LogP contribution in [0.15, 0.2) is 60.8 Å². The number of esters is 2. The minimum Gasteiger partial charge on any atom is -0.462 e. The molecule has 0 aromatic heterocycles. The highest BCUT2D eigenvalue weighted by Crippen LogP contribution is 2.13. The van der Waals surface area contributed by atoms with Crippen LogP contribution in [0.5, 0.6) is 0 Å². The summed E-state index contributed by atoms with van der Waals surface area (Å²) in [5, 5.41) is 0. The van der Waals surface area contributed by atoms with Gasteiger partial charge in [-0.1, -0.05) is 191 Å². The minimum atomic E-state index is -0.561. The third kappa shape index (κ3) is 42.3. The zero-order chi connectivity index (χ0) is 39.3. The molecule has 0 amide bonds. The summed E-state index contributed by atoms with van der Waals surface area (Å²) < 4.78 is 17.2. The van der Waals surface area contributed by atoms with Crippen LogP contribution in [0.1, 0.15) is 213 Å². The number of allylic oxidation sites excluding steroid dienone is 10. The molecule has 0 spiro atoms. The molecule has 0 bridgehead atoms. The van der Waals surface area contributed by atoms with Crippen molar-refractivity contribution in [3.8, 4) is 0 Å². The summed E-state index contributed by atoms with van der Waals surface area (Å²) in [6.45, 7) is 7.59. The molecule has 0 radical (unpaired) electrons. The summed E-state index contributed by atoms with van der Waals surface area (Å²) in [6.07, 6.45) is 55.3. The van der Waals surface area contributed by atoms with Crippen molar-refractivity contribution in [3.05, 3.63) is 60.8 Å². The highest BCUT2D eigenvalue weighted by atomic mass is 16.6. The van der Waals surface area contributed by atoms with E-state index in [9.17, 15) is 9.59 Å². The highest BCUT2D eigenvalue weighted by molar-refractivity contribution is 5.70. The fraction of sp³-hybridized carbons (Fsp3) is 0.755. The number of carbonyl (C=O) groups excluding carboxylic acids is 2. The average Bonchev–Trinajstić information content (AvgIpc) is 3.17. The fourth-order valence-electron chi connectivity index (χ4n) is 6.16. The van der Waals surface area contributed by atoms with Gasteiger partial charge in [0, 0.05) is 19.4 Å². The van der Waals surface area contributed by atoms with E-state index in [2.05, 4.69) is 75.5 Å². The van der Waals surface area contributed by atoms with Crippen molar-refractivity contribution in [2.75, 3.05) is 19.8 Å². The summed E-state index contributed by atoms with van der Waals surface area (Å²) in [5.74, 6) is -0.497. The molecular weight excluding hydrogens is 669 g/mol. The standard InChI is InChI=1S/C49H86O5/c1-4-7-10-13-16-18-20-22-23-24-25-26-28-30-32-35-38-41-44-52-45-47(54-49(51)43-40-37-33-15-12-9-6-3)46-53-48(50)42-39-36-34-31-29-27-21-19-17-14-11-8-5-2/h8,11,17,19,22-23,27,29,34,36,47H,4-7,9-10,12-16,18,20-21,24-26,28,30-33,35,37-46H2,1-3H3/b11-8-,19-17-,23-22-,29-27-,36-34-. The molecule has 0 aliphatic rings. The molecule has 5 nitrogen and oxygen atoms in total. The summed E-state index contributed by atoms with van der Waals surface area (Å²) in [6, 6.07) is 0. The molecule has 1 atom stereocenters. The quantitative estimate of drug-likeness (QED) is 0.0353. The van der Waals surface area contributed by atoms with Crippen LogP contribution in [0.3, 0.4) is 0 Å². The molecule has 0 N–H and O–H groups in total. The molecule has 0 aliphatic heterocycles. The van der Waals surface area contributed by atoms with Gasteiger partial charge in [-0.2, -0.15) is 0 Å². The van der Waals surface area contributed by atoms with E-state index in [1.807, 2.05) is 6.08 Å². The number of hydrogen-bond donors (Lipinski definition) is 0. The summed E-state index contributed by atoms with van der Waals surface area (Å²) in [7, 11) is 0. The van der Waals surface area contributed by atoms with Crippen LogP contribution in [0.4, 0.5) is 0 Å². The van der Waals surface area contributed by atoms with Gasteiger partial charge in [0.1, 0.15) is 6.61 Å². The number of hydrogen-bond acceptors (Lipinski definition) is 5. The van der Waals surface area contributed by atoms with Crippen LogP contribution >= 0.6 is 0 Å². The van der Waals surface area contributed by atoms with Crippen LogP contribution in [-0.4, -0.2) is 37.9 Å². The van der Waals surface area contributed by atoms with Gasteiger partial charge >= 0.3 is 11.9 Å². The summed E-state index contributed by atoms with van der Waals surface area (Å²) >= 11 is 0. The number of carbonyl (C=O) groups is 2. The van der Waals surface area contributed by atoms with Crippen molar-refractivity contribution in [3.63, 3.8) is 0 Å². The van der Waals surface area contributed by atoms with Gasteiger partial charge < -0.3 is 14.2 Å². The monoisotopic (exact) mass is 755 g/mol. The van der Waals surface area contributed by atoms with Crippen LogP contribution in [0.2, 0.25) is 0 Å². The molecule has 0 saturated carbocycles. The lowest BCUT2D eigenvalue weighted by Crippen LogP contribution is -2.30. The van der Waals surface area contributed by atoms with Gasteiger partial charge in [0.25, 0.3) is 0 Å². The van der Waals surface area contributed by atoms with Gasteiger partial charge in [0.15, 0.2) is 6.10 Å². The minimum absolute atomic E-state index is 0.0463. The number of unbranched alkanes of at least 4 members (excludes halogenated alkanes) is 20. The lowest BCUT2D eigenvalue weighted by Gasteiger charge is -2.18. The SMILES string of the molecule is CC/C=C\C/C=C\C/C=C\C/C=C\CCC(=O)OCC(COCCCCCCCCCC/C=C\CCCCCCCC)OC(=O)CCCCCCCCC. The van der Waals surface area contributed by atoms with E-state index in [0.717, 1.165) is 57.8 Å². The Labute approximate surface area is 334 Å². The maximum absolute atomic E-state index is 12.6. The Morgan fingerprint density at radius 2 is 0.870 bits per heavy atom. The van der Waals surface area contributed by atoms with Crippen molar-refractivity contribution < 1.29 is 23.8 Å². The van der Waals surface area contributed by atoms with Crippen molar-refractivity contribution in [2.45, 2.75) is 219 Å². The fourth-order valence-corrected chi connectivity index (χ4v) is 6.16. The largest absolute Gasteiger partial charge is 0.462 e. The first-order valence-electron chi connectivity index (χ1n) is 22.8. The van der Waals surface area contributed by atoms with E-state index in [-0.39, 0.29) is 25.2 Å². The lowest BCUT2D eigenvalue weighted by molar-refractivity contribution is -0.162. The maximum Gasteiger partial charge on any atom is 0.306 e. The molecule has 0 heterocycles. The molecule has 312 valence electrons. The second-order valence-electron chi connectivity index (χ2n) is 14.9. The second kappa shape index (κ2) is 45.0. The van der Waals surface area contributed by atoms with Gasteiger partial charge in [-0.3, -0.25) is 9.59 Å². The highest BCUT2D eigenvalue weighted by Gasteiger charge is 2.17. The van der Waals surface area contributed by atoms with E-state index in [1.165, 1.54) is 116 Å². The summed E-state index contributed by atoms with van der Waals surface area (Å²) in [5.41, 5.74) is 0. The predicted molar refractivity (Wildman–Crippen MR) is 233 cm³/mol. The van der Waals surface area contributed by atoms with Gasteiger partial charge in [-0.15, -0.1) is 0 Å². The van der Waals surface area contributed by atoms with Gasteiger partial charge in [0.2, 0.25) is 0 Å². The lowest BCUT2D eigenvalue weighted by atomic mass is 10.1. The van der Waals surface area contributed by atoms with Gasteiger partial charge in [0.05, 0.1) is 6.61 Å². The predicted octanol–water partition coefficient (Wildman–Crippen LogP) is 15.0. The molecule has 0 rings (SSSR count). The topological polar surface area (TPSA) is 61.8 Å². The Balaban J connectivity index is 4.21. The van der Waals surface area contributed by atoms with Crippen molar-refractivity contribution in [1.82, 2.24) is 0 Å². The first kappa shape index (κ1) is 51.6. The van der Waals surface area contributed by atoms with E-state index in [0.29, 0.717) is 25.9 Å². The zero-order valence-electron chi connectivity index (χ0n) is 35.7. The van der Waals surface area contributed by atoms with Crippen molar-refractivity contribution in [1.29, 1.82) is 0 Å². The van der Waals surface area contributed by atoms with E-state index >= 15 is 0 Å². The van der Waals surface area contributed by atoms with E-state index < -0.39 is 6.10 Å². The Morgan fingerprint density at radius 3 is 1.41 bits per heavy atom. The van der Waals surface area contributed by atoms with Gasteiger partial charge in [-0.25, -0.2) is 0 Å². The normalized spacial score (nSPS) is 12.7. The molecule has 1 unspecified atom stereocenters. The third-order valence-corrected chi connectivity index (χ3v) is 9.55. The average molecular weight is 755 g/mol. The van der Waals surface area contributed by atoms with E-state index in [4.69, 9.17) is 14.2 Å². The molecule has 0 fully saturated rings. The van der Waals surface area contributed by atoms with Crippen LogP contribution in [-0.2, 0) is 23.8 Å². The molecule has 5 heteroatoms. The number of rotatable bonds is 41.